The highest BCUT2D eigenvalue weighted by molar-refractivity contribution is 9.10. The number of carbonyl (C=O) groups excluding carboxylic acids is 1. The fourth-order valence-corrected chi connectivity index (χ4v) is 4.62. The molecule has 1 aliphatic rings. The molecule has 0 spiro atoms. The second-order valence-corrected chi connectivity index (χ2v) is 10.5. The van der Waals surface area contributed by atoms with Gasteiger partial charge in [0.2, 0.25) is 0 Å². The molecule has 0 aliphatic carbocycles. The minimum absolute atomic E-state index is 0.272. The van der Waals surface area contributed by atoms with Crippen LogP contribution in [0, 0.1) is 5.82 Å². The molecule has 33 heavy (non-hydrogen) atoms. The van der Waals surface area contributed by atoms with Crippen molar-refractivity contribution in [2.45, 2.75) is 38.9 Å². The van der Waals surface area contributed by atoms with Crippen LogP contribution in [0.3, 0.4) is 0 Å². The number of ether oxygens (including phenoxy) is 2. The van der Waals surface area contributed by atoms with Crippen LogP contribution in [0.4, 0.5) is 9.18 Å². The van der Waals surface area contributed by atoms with E-state index in [0.717, 1.165) is 5.69 Å². The number of fused-ring (bicyclic) bond motifs is 1. The van der Waals surface area contributed by atoms with E-state index in [1.54, 1.807) is 23.2 Å². The third kappa shape index (κ3) is 5.45. The van der Waals surface area contributed by atoms with Crippen molar-refractivity contribution in [3.8, 4) is 11.3 Å². The fraction of sp³-hybridized carbons (Fsp3) is 0.391. The molecule has 1 atom stereocenters. The maximum absolute atomic E-state index is 14.4. The van der Waals surface area contributed by atoms with Crippen molar-refractivity contribution >= 4 is 50.9 Å². The zero-order valence-electron chi connectivity index (χ0n) is 18.4. The molecule has 3 heterocycles. The van der Waals surface area contributed by atoms with Gasteiger partial charge in [0.05, 0.1) is 40.1 Å². The number of imidazole rings is 1. The number of rotatable bonds is 3. The quantitative estimate of drug-likeness (QED) is 0.350. The summed E-state index contributed by atoms with van der Waals surface area (Å²) < 4.78 is 28.0. The Balaban J connectivity index is 1.69. The zero-order valence-corrected chi connectivity index (χ0v) is 21.5. The maximum atomic E-state index is 14.4. The largest absolute Gasteiger partial charge is 0.444 e. The summed E-state index contributed by atoms with van der Waals surface area (Å²) in [7, 11) is 0. The zero-order chi connectivity index (χ0) is 23.9. The lowest BCUT2D eigenvalue weighted by Gasteiger charge is -2.34. The van der Waals surface area contributed by atoms with Crippen molar-refractivity contribution in [3.05, 3.63) is 56.5 Å². The minimum atomic E-state index is -0.582. The van der Waals surface area contributed by atoms with E-state index in [2.05, 4.69) is 15.9 Å². The first-order chi connectivity index (χ1) is 15.5. The van der Waals surface area contributed by atoms with Gasteiger partial charge in [-0.2, -0.15) is 0 Å². The summed E-state index contributed by atoms with van der Waals surface area (Å²) in [4.78, 5) is 18.9. The predicted octanol–water partition coefficient (Wildman–Crippen LogP) is 6.39. The lowest BCUT2D eigenvalue weighted by molar-refractivity contribution is -0.0418. The molecule has 3 aromatic rings. The van der Waals surface area contributed by atoms with Crippen molar-refractivity contribution in [1.82, 2.24) is 14.3 Å². The van der Waals surface area contributed by atoms with Crippen LogP contribution < -0.4 is 0 Å². The van der Waals surface area contributed by atoms with E-state index >= 15 is 0 Å². The summed E-state index contributed by atoms with van der Waals surface area (Å²) in [5.41, 5.74) is 1.80. The fourth-order valence-electron chi connectivity index (χ4n) is 3.74. The molecule has 1 amide bonds. The molecule has 176 valence electrons. The molecule has 1 unspecified atom stereocenters. The van der Waals surface area contributed by atoms with Gasteiger partial charge in [0.1, 0.15) is 17.1 Å². The molecule has 1 aromatic carbocycles. The summed E-state index contributed by atoms with van der Waals surface area (Å²) in [5, 5.41) is 0.891. The van der Waals surface area contributed by atoms with Crippen LogP contribution >= 0.6 is 39.1 Å². The lowest BCUT2D eigenvalue weighted by atomic mass is 10.0. The maximum Gasteiger partial charge on any atom is 0.410 e. The molecule has 10 heteroatoms. The average Bonchev–Trinajstić information content (AvgIpc) is 3.06. The van der Waals surface area contributed by atoms with E-state index in [0.29, 0.717) is 53.1 Å². The second-order valence-electron chi connectivity index (χ2n) is 8.85. The highest BCUT2D eigenvalue weighted by atomic mass is 79.9. The van der Waals surface area contributed by atoms with Gasteiger partial charge in [0.25, 0.3) is 0 Å². The summed E-state index contributed by atoms with van der Waals surface area (Å²) in [6.45, 7) is 6.69. The van der Waals surface area contributed by atoms with Gasteiger partial charge in [-0.1, -0.05) is 23.2 Å². The third-order valence-electron chi connectivity index (χ3n) is 5.16. The van der Waals surface area contributed by atoms with Crippen LogP contribution in [-0.4, -0.2) is 51.8 Å². The standard InChI is InChI=1S/C23H23BrCl2FN3O3/c1-23(2,3)33-22(31)29-6-7-32-14(12-29)9-19-21(15-10-18(27)16(24)11-17(15)26)28-20-8-13(25)4-5-30(19)20/h4-5,8,10-11,14H,6-7,9,12H2,1-3H3. The number of hydrogen-bond acceptors (Lipinski definition) is 4. The lowest BCUT2D eigenvalue weighted by Crippen LogP contribution is -2.48. The highest BCUT2D eigenvalue weighted by Gasteiger charge is 2.30. The molecule has 1 aliphatic heterocycles. The van der Waals surface area contributed by atoms with Gasteiger partial charge in [-0.05, 0) is 54.9 Å². The molecule has 0 saturated carbocycles. The molecular formula is C23H23BrCl2FN3O3. The molecule has 4 rings (SSSR count). The van der Waals surface area contributed by atoms with Crippen LogP contribution in [0.25, 0.3) is 16.9 Å². The second kappa shape index (κ2) is 9.41. The Bertz CT molecular complexity index is 1210. The van der Waals surface area contributed by atoms with Gasteiger partial charge in [-0.15, -0.1) is 0 Å². The van der Waals surface area contributed by atoms with Crippen LogP contribution in [0.2, 0.25) is 10.0 Å². The number of hydrogen-bond donors (Lipinski definition) is 0. The van der Waals surface area contributed by atoms with Crippen molar-refractivity contribution in [1.29, 1.82) is 0 Å². The number of benzene rings is 1. The number of morpholine rings is 1. The Kier molecular flexibility index (Phi) is 6.92. The summed E-state index contributed by atoms with van der Waals surface area (Å²) >= 11 is 15.8. The van der Waals surface area contributed by atoms with E-state index in [4.69, 9.17) is 37.7 Å². The molecule has 6 nitrogen and oxygen atoms in total. The van der Waals surface area contributed by atoms with Crippen molar-refractivity contribution in [3.63, 3.8) is 0 Å². The van der Waals surface area contributed by atoms with Crippen molar-refractivity contribution in [2.24, 2.45) is 0 Å². The summed E-state index contributed by atoms with van der Waals surface area (Å²) in [5.74, 6) is -0.444. The van der Waals surface area contributed by atoms with Crippen LogP contribution in [0.15, 0.2) is 34.9 Å². The minimum Gasteiger partial charge on any atom is -0.444 e. The normalized spacial score (nSPS) is 16.9. The monoisotopic (exact) mass is 557 g/mol. The van der Waals surface area contributed by atoms with Gasteiger partial charge < -0.3 is 18.8 Å². The smallest absolute Gasteiger partial charge is 0.410 e. The summed E-state index contributed by atoms with van der Waals surface area (Å²) in [6, 6.07) is 6.34. The van der Waals surface area contributed by atoms with Crippen LogP contribution in [0.1, 0.15) is 26.5 Å². The van der Waals surface area contributed by atoms with Gasteiger partial charge >= 0.3 is 6.09 Å². The number of amides is 1. The van der Waals surface area contributed by atoms with Crippen molar-refractivity contribution < 1.29 is 18.7 Å². The Hall–Kier alpha value is -1.87. The SMILES string of the molecule is CC(C)(C)OC(=O)N1CCOC(Cc2c(-c3cc(F)c(Br)cc3Cl)nc3cc(Cl)ccn23)C1. The number of aromatic nitrogens is 2. The first-order valence-electron chi connectivity index (χ1n) is 10.4. The van der Waals surface area contributed by atoms with E-state index in [1.165, 1.54) is 12.1 Å². The Morgan fingerprint density at radius 2 is 2.09 bits per heavy atom. The third-order valence-corrected chi connectivity index (χ3v) is 6.32. The highest BCUT2D eigenvalue weighted by Crippen LogP contribution is 2.35. The topological polar surface area (TPSA) is 56.1 Å². The predicted molar refractivity (Wildman–Crippen MR) is 130 cm³/mol. The first-order valence-corrected chi connectivity index (χ1v) is 12.0. The molecule has 0 radical (unpaired) electrons. The summed E-state index contributed by atoms with van der Waals surface area (Å²) in [6.07, 6.45) is 1.55. The van der Waals surface area contributed by atoms with E-state index in [1.807, 2.05) is 25.2 Å². The van der Waals surface area contributed by atoms with Crippen molar-refractivity contribution in [2.75, 3.05) is 19.7 Å². The Labute approximate surface area is 209 Å². The molecular weight excluding hydrogens is 536 g/mol. The Morgan fingerprint density at radius 3 is 2.82 bits per heavy atom. The number of pyridine rings is 1. The van der Waals surface area contributed by atoms with E-state index in [-0.39, 0.29) is 16.7 Å². The molecule has 0 N–H and O–H groups in total. The molecule has 2 aromatic heterocycles. The van der Waals surface area contributed by atoms with Gasteiger partial charge in [-0.3, -0.25) is 0 Å². The number of halogens is 4. The van der Waals surface area contributed by atoms with Gasteiger partial charge in [0.15, 0.2) is 0 Å². The number of nitrogens with zero attached hydrogens (tertiary/aromatic N) is 3. The van der Waals surface area contributed by atoms with Gasteiger partial charge in [-0.25, -0.2) is 14.2 Å². The Morgan fingerprint density at radius 1 is 1.33 bits per heavy atom. The molecule has 0 bridgehead atoms. The van der Waals surface area contributed by atoms with E-state index < -0.39 is 11.4 Å². The van der Waals surface area contributed by atoms with Gasteiger partial charge in [0, 0.05) is 35.8 Å². The molecule has 1 saturated heterocycles. The number of carbonyl (C=O) groups is 1. The molecule has 1 fully saturated rings. The van der Waals surface area contributed by atoms with Crippen LogP contribution in [0.5, 0.6) is 0 Å². The first kappa shape index (κ1) is 24.3. The van der Waals surface area contributed by atoms with Crippen LogP contribution in [-0.2, 0) is 15.9 Å². The average molecular weight is 559 g/mol. The van der Waals surface area contributed by atoms with E-state index in [9.17, 15) is 9.18 Å².